The zero-order valence-corrected chi connectivity index (χ0v) is 13.0. The fourth-order valence-corrected chi connectivity index (χ4v) is 2.37. The van der Waals surface area contributed by atoms with Crippen LogP contribution >= 0.6 is 0 Å². The number of amides is 2. The highest BCUT2D eigenvalue weighted by molar-refractivity contribution is 5.74. The number of benzene rings is 1. The van der Waals surface area contributed by atoms with E-state index in [0.717, 1.165) is 26.1 Å². The second-order valence-electron chi connectivity index (χ2n) is 5.19. The van der Waals surface area contributed by atoms with E-state index in [0.29, 0.717) is 19.7 Å². The molecule has 1 aromatic carbocycles. The molecule has 0 spiro atoms. The molecular formula is C17H23N3O2. The summed E-state index contributed by atoms with van der Waals surface area (Å²) >= 11 is 0. The van der Waals surface area contributed by atoms with Gasteiger partial charge >= 0.3 is 6.03 Å². The Morgan fingerprint density at radius 1 is 1.27 bits per heavy atom. The van der Waals surface area contributed by atoms with Crippen molar-refractivity contribution in [1.82, 2.24) is 15.5 Å². The Balaban J connectivity index is 1.64. The predicted molar refractivity (Wildman–Crippen MR) is 86.5 cm³/mol. The van der Waals surface area contributed by atoms with Crippen LogP contribution in [0, 0.1) is 11.8 Å². The van der Waals surface area contributed by atoms with E-state index in [9.17, 15) is 4.79 Å². The van der Waals surface area contributed by atoms with Crippen molar-refractivity contribution >= 4 is 6.03 Å². The molecule has 0 unspecified atom stereocenters. The van der Waals surface area contributed by atoms with Crippen molar-refractivity contribution in [3.05, 3.63) is 35.4 Å². The van der Waals surface area contributed by atoms with Crippen LogP contribution < -0.4 is 10.6 Å². The lowest BCUT2D eigenvalue weighted by molar-refractivity contribution is 0.196. The van der Waals surface area contributed by atoms with Crippen molar-refractivity contribution in [1.29, 1.82) is 0 Å². The number of rotatable bonds is 5. The number of hydrogen-bond donors (Lipinski definition) is 2. The molecule has 22 heavy (non-hydrogen) atoms. The molecule has 2 N–H and O–H groups in total. The predicted octanol–water partition coefficient (Wildman–Crippen LogP) is 0.994. The molecule has 0 aromatic heterocycles. The second-order valence-corrected chi connectivity index (χ2v) is 5.19. The maximum absolute atomic E-state index is 11.4. The van der Waals surface area contributed by atoms with Gasteiger partial charge in [0.1, 0.15) is 0 Å². The van der Waals surface area contributed by atoms with E-state index in [1.807, 2.05) is 0 Å². The van der Waals surface area contributed by atoms with Crippen molar-refractivity contribution < 1.29 is 9.53 Å². The van der Waals surface area contributed by atoms with Crippen LogP contribution in [0.5, 0.6) is 0 Å². The van der Waals surface area contributed by atoms with Crippen molar-refractivity contribution in [2.75, 3.05) is 39.9 Å². The van der Waals surface area contributed by atoms with E-state index in [-0.39, 0.29) is 6.03 Å². The Hall–Kier alpha value is -2.03. The second kappa shape index (κ2) is 9.08. The van der Waals surface area contributed by atoms with E-state index in [2.05, 4.69) is 51.6 Å². The first-order chi connectivity index (χ1) is 10.8. The fourth-order valence-electron chi connectivity index (χ4n) is 2.37. The maximum atomic E-state index is 11.4. The molecule has 5 heteroatoms. The SMILES string of the molecule is COCCNC(=O)NCC#CCN1CCc2ccccc2C1. The largest absolute Gasteiger partial charge is 0.383 e. The molecule has 118 valence electrons. The number of nitrogens with one attached hydrogen (secondary N) is 2. The van der Waals surface area contributed by atoms with Gasteiger partial charge < -0.3 is 15.4 Å². The zero-order chi connectivity index (χ0) is 15.6. The Bertz CT molecular complexity index is 548. The number of hydrogen-bond acceptors (Lipinski definition) is 3. The van der Waals surface area contributed by atoms with Gasteiger partial charge in [-0.25, -0.2) is 4.79 Å². The molecular weight excluding hydrogens is 278 g/mol. The van der Waals surface area contributed by atoms with Crippen LogP contribution in [-0.4, -0.2) is 50.8 Å². The summed E-state index contributed by atoms with van der Waals surface area (Å²) in [6, 6.07) is 8.35. The highest BCUT2D eigenvalue weighted by Gasteiger charge is 2.13. The standard InChI is InChI=1S/C17H23N3O2/c1-22-13-10-19-17(21)18-9-4-5-11-20-12-8-15-6-2-3-7-16(15)14-20/h2-3,6-7H,8-14H2,1H3,(H2,18,19,21). The van der Waals surface area contributed by atoms with Crippen LogP contribution in [0.15, 0.2) is 24.3 Å². The fraction of sp³-hybridized carbons (Fsp3) is 0.471. The van der Waals surface area contributed by atoms with E-state index < -0.39 is 0 Å². The molecule has 0 saturated heterocycles. The average Bonchev–Trinajstić information content (AvgIpc) is 2.54. The Labute approximate surface area is 132 Å². The number of fused-ring (bicyclic) bond motifs is 1. The van der Waals surface area contributed by atoms with E-state index >= 15 is 0 Å². The lowest BCUT2D eigenvalue weighted by Crippen LogP contribution is -2.37. The monoisotopic (exact) mass is 301 g/mol. The lowest BCUT2D eigenvalue weighted by Gasteiger charge is -2.26. The van der Waals surface area contributed by atoms with E-state index in [1.54, 1.807) is 7.11 Å². The summed E-state index contributed by atoms with van der Waals surface area (Å²) in [7, 11) is 1.60. The van der Waals surface area contributed by atoms with Gasteiger partial charge in [-0.1, -0.05) is 36.1 Å². The third-order valence-electron chi connectivity index (χ3n) is 3.57. The first kappa shape index (κ1) is 16.3. The quantitative estimate of drug-likeness (QED) is 0.630. The Kier molecular flexibility index (Phi) is 6.75. The highest BCUT2D eigenvalue weighted by Crippen LogP contribution is 2.17. The van der Waals surface area contributed by atoms with Crippen molar-refractivity contribution in [3.8, 4) is 11.8 Å². The first-order valence-corrected chi connectivity index (χ1v) is 7.55. The van der Waals surface area contributed by atoms with Gasteiger partial charge in [-0.15, -0.1) is 0 Å². The van der Waals surface area contributed by atoms with Crippen LogP contribution in [-0.2, 0) is 17.7 Å². The topological polar surface area (TPSA) is 53.6 Å². The summed E-state index contributed by atoms with van der Waals surface area (Å²) in [4.78, 5) is 13.7. The zero-order valence-electron chi connectivity index (χ0n) is 13.0. The van der Waals surface area contributed by atoms with Gasteiger partial charge in [-0.05, 0) is 17.5 Å². The van der Waals surface area contributed by atoms with Crippen LogP contribution in [0.3, 0.4) is 0 Å². The summed E-state index contributed by atoms with van der Waals surface area (Å²) in [6.45, 7) is 4.11. The lowest BCUT2D eigenvalue weighted by atomic mass is 10.0. The van der Waals surface area contributed by atoms with Gasteiger partial charge in [0, 0.05) is 26.7 Å². The first-order valence-electron chi connectivity index (χ1n) is 7.55. The summed E-state index contributed by atoms with van der Waals surface area (Å²) in [5.74, 6) is 6.10. The minimum Gasteiger partial charge on any atom is -0.383 e. The third-order valence-corrected chi connectivity index (χ3v) is 3.57. The summed E-state index contributed by atoms with van der Waals surface area (Å²) < 4.78 is 4.85. The van der Waals surface area contributed by atoms with Crippen molar-refractivity contribution in [3.63, 3.8) is 0 Å². The minimum absolute atomic E-state index is 0.210. The van der Waals surface area contributed by atoms with Gasteiger partial charge in [0.05, 0.1) is 19.7 Å². The molecule has 2 amide bonds. The van der Waals surface area contributed by atoms with E-state index in [1.165, 1.54) is 11.1 Å². The van der Waals surface area contributed by atoms with Crippen LogP contribution in [0.25, 0.3) is 0 Å². The highest BCUT2D eigenvalue weighted by atomic mass is 16.5. The Morgan fingerprint density at radius 2 is 2.09 bits per heavy atom. The molecule has 2 rings (SSSR count). The number of methoxy groups -OCH3 is 1. The number of carbonyl (C=O) groups excluding carboxylic acids is 1. The smallest absolute Gasteiger partial charge is 0.315 e. The number of urea groups is 1. The molecule has 0 bridgehead atoms. The number of carbonyl (C=O) groups is 1. The molecule has 0 fully saturated rings. The van der Waals surface area contributed by atoms with Crippen LogP contribution in [0.4, 0.5) is 4.79 Å². The normalized spacial score (nSPS) is 13.7. The van der Waals surface area contributed by atoms with Gasteiger partial charge in [-0.3, -0.25) is 4.90 Å². The van der Waals surface area contributed by atoms with Gasteiger partial charge in [0.15, 0.2) is 0 Å². The molecule has 0 atom stereocenters. The summed E-state index contributed by atoms with van der Waals surface area (Å²) in [6.07, 6.45) is 1.08. The average molecular weight is 301 g/mol. The molecule has 5 nitrogen and oxygen atoms in total. The van der Waals surface area contributed by atoms with Gasteiger partial charge in [0.25, 0.3) is 0 Å². The van der Waals surface area contributed by atoms with Gasteiger partial charge in [-0.2, -0.15) is 0 Å². The van der Waals surface area contributed by atoms with Crippen LogP contribution in [0.1, 0.15) is 11.1 Å². The van der Waals surface area contributed by atoms with Crippen molar-refractivity contribution in [2.24, 2.45) is 0 Å². The molecule has 1 heterocycles. The molecule has 0 aliphatic carbocycles. The molecule has 0 radical (unpaired) electrons. The summed E-state index contributed by atoms with van der Waals surface area (Å²) in [5, 5.41) is 5.38. The minimum atomic E-state index is -0.210. The molecule has 1 aliphatic heterocycles. The summed E-state index contributed by atoms with van der Waals surface area (Å²) in [5.41, 5.74) is 2.84. The number of ether oxygens (including phenoxy) is 1. The van der Waals surface area contributed by atoms with Gasteiger partial charge in [0.2, 0.25) is 0 Å². The van der Waals surface area contributed by atoms with Crippen molar-refractivity contribution in [2.45, 2.75) is 13.0 Å². The van der Waals surface area contributed by atoms with E-state index in [4.69, 9.17) is 4.74 Å². The molecule has 1 aromatic rings. The molecule has 0 saturated carbocycles. The van der Waals surface area contributed by atoms with Crippen LogP contribution in [0.2, 0.25) is 0 Å². The third kappa shape index (κ3) is 5.40. The Morgan fingerprint density at radius 3 is 2.91 bits per heavy atom. The number of nitrogens with zero attached hydrogens (tertiary/aromatic N) is 1. The maximum Gasteiger partial charge on any atom is 0.315 e. The molecule has 1 aliphatic rings.